The second-order valence-electron chi connectivity index (χ2n) is 3.96. The van der Waals surface area contributed by atoms with Crippen molar-refractivity contribution in [1.29, 1.82) is 0 Å². The van der Waals surface area contributed by atoms with Gasteiger partial charge in [-0.2, -0.15) is 22.5 Å². The molecule has 0 heterocycles. The van der Waals surface area contributed by atoms with Gasteiger partial charge >= 0.3 is 0 Å². The number of hydrogen-bond acceptors (Lipinski definition) is 4. The highest BCUT2D eigenvalue weighted by Gasteiger charge is 2.13. The molecule has 0 aliphatic heterocycles. The summed E-state index contributed by atoms with van der Waals surface area (Å²) in [7, 11) is -0.878. The molecule has 0 aliphatic rings. The van der Waals surface area contributed by atoms with E-state index in [-0.39, 0.29) is 6.54 Å². The first-order valence-electron chi connectivity index (χ1n) is 5.56. The van der Waals surface area contributed by atoms with E-state index >= 15 is 0 Å². The first-order valence-corrected chi connectivity index (χ1v) is 7.79. The fourth-order valence-electron chi connectivity index (χ4n) is 1.09. The molecule has 7 nitrogen and oxygen atoms in total. The van der Waals surface area contributed by atoms with E-state index in [1.807, 2.05) is 24.3 Å². The maximum atomic E-state index is 11.4. The van der Waals surface area contributed by atoms with Crippen molar-refractivity contribution in [3.8, 4) is 0 Å². The van der Waals surface area contributed by atoms with Gasteiger partial charge in [0, 0.05) is 18.6 Å². The number of halogens is 1. The van der Waals surface area contributed by atoms with Crippen LogP contribution in [0.25, 0.3) is 0 Å². The summed E-state index contributed by atoms with van der Waals surface area (Å²) >= 11 is 3.31. The average molecular weight is 363 g/mol. The molecule has 0 aliphatic carbocycles. The van der Waals surface area contributed by atoms with Crippen molar-refractivity contribution in [3.63, 3.8) is 0 Å². The van der Waals surface area contributed by atoms with E-state index in [0.717, 1.165) is 14.3 Å². The largest absolute Gasteiger partial charge is 0.279 e. The van der Waals surface area contributed by atoms with Crippen LogP contribution in [0, 0.1) is 0 Å². The summed E-state index contributed by atoms with van der Waals surface area (Å²) in [6.45, 7) is -0.379. The molecule has 0 bridgehead atoms. The molecule has 0 saturated heterocycles. The van der Waals surface area contributed by atoms with Gasteiger partial charge in [-0.05, 0) is 17.7 Å². The third kappa shape index (κ3) is 5.78. The van der Waals surface area contributed by atoms with Crippen LogP contribution in [0.1, 0.15) is 5.56 Å². The first kappa shape index (κ1) is 16.8. The fourth-order valence-corrected chi connectivity index (χ4v) is 2.08. The summed E-state index contributed by atoms with van der Waals surface area (Å²) in [5.41, 5.74) is 3.03. The van der Waals surface area contributed by atoms with Gasteiger partial charge in [0.25, 0.3) is 16.1 Å². The van der Waals surface area contributed by atoms with E-state index in [1.54, 1.807) is 0 Å². The van der Waals surface area contributed by atoms with Crippen molar-refractivity contribution in [1.82, 2.24) is 14.5 Å². The molecule has 20 heavy (non-hydrogen) atoms. The Balaban J connectivity index is 2.44. The molecular weight excluding hydrogens is 348 g/mol. The van der Waals surface area contributed by atoms with Gasteiger partial charge in [0.15, 0.2) is 0 Å². The Bertz CT molecular complexity index is 601. The number of carbonyl (C=O) groups excluding carboxylic acids is 1. The Morgan fingerprint density at radius 3 is 2.75 bits per heavy atom. The third-order valence-corrected chi connectivity index (χ3v) is 4.11. The van der Waals surface area contributed by atoms with Crippen LogP contribution >= 0.6 is 15.9 Å². The molecule has 0 aromatic heterocycles. The Labute approximate surface area is 126 Å². The number of hydrogen-bond donors (Lipinski definition) is 2. The molecule has 1 aromatic rings. The zero-order valence-corrected chi connectivity index (χ0v) is 13.4. The smallest absolute Gasteiger partial charge is 0.272 e. The van der Waals surface area contributed by atoms with Gasteiger partial charge in [-0.1, -0.05) is 28.1 Å². The molecule has 1 aromatic carbocycles. The van der Waals surface area contributed by atoms with Gasteiger partial charge in [-0.25, -0.2) is 5.43 Å². The van der Waals surface area contributed by atoms with E-state index < -0.39 is 16.1 Å². The lowest BCUT2D eigenvalue weighted by atomic mass is 10.2. The summed E-state index contributed by atoms with van der Waals surface area (Å²) in [5, 5.41) is 3.73. The Kier molecular flexibility index (Phi) is 6.27. The summed E-state index contributed by atoms with van der Waals surface area (Å²) in [4.78, 5) is 11.4. The zero-order chi connectivity index (χ0) is 15.2. The van der Waals surface area contributed by atoms with Gasteiger partial charge in [-0.15, -0.1) is 0 Å². The number of rotatable bonds is 6. The quantitative estimate of drug-likeness (QED) is 0.563. The van der Waals surface area contributed by atoms with Crippen LogP contribution in [0.5, 0.6) is 0 Å². The number of nitrogens with one attached hydrogen (secondary N) is 2. The van der Waals surface area contributed by atoms with E-state index in [9.17, 15) is 13.2 Å². The minimum atomic E-state index is -3.61. The lowest BCUT2D eigenvalue weighted by Gasteiger charge is -2.11. The molecular formula is C11H15BrN4O3S. The highest BCUT2D eigenvalue weighted by molar-refractivity contribution is 9.10. The minimum absolute atomic E-state index is 0.379. The van der Waals surface area contributed by atoms with Crippen LogP contribution in [0.4, 0.5) is 0 Å². The Morgan fingerprint density at radius 2 is 2.15 bits per heavy atom. The predicted octanol–water partition coefficient (Wildman–Crippen LogP) is 0.295. The fraction of sp³-hybridized carbons (Fsp3) is 0.273. The molecule has 0 atom stereocenters. The van der Waals surface area contributed by atoms with Crippen molar-refractivity contribution in [3.05, 3.63) is 34.3 Å². The molecule has 1 rings (SSSR count). The predicted molar refractivity (Wildman–Crippen MR) is 80.5 cm³/mol. The van der Waals surface area contributed by atoms with E-state index in [4.69, 9.17) is 0 Å². The molecule has 110 valence electrons. The molecule has 0 unspecified atom stereocenters. The van der Waals surface area contributed by atoms with Gasteiger partial charge < -0.3 is 0 Å². The van der Waals surface area contributed by atoms with Gasteiger partial charge in [0.05, 0.1) is 12.8 Å². The van der Waals surface area contributed by atoms with Crippen LogP contribution < -0.4 is 10.1 Å². The van der Waals surface area contributed by atoms with Crippen molar-refractivity contribution >= 4 is 38.3 Å². The Hall–Kier alpha value is -1.29. The van der Waals surface area contributed by atoms with Crippen LogP contribution in [0.2, 0.25) is 0 Å². The SMILES string of the molecule is CN(C)S(=O)(=O)NCC(=O)NN=Cc1cccc(Br)c1. The van der Waals surface area contributed by atoms with Crippen LogP contribution in [0.3, 0.4) is 0 Å². The minimum Gasteiger partial charge on any atom is -0.272 e. The van der Waals surface area contributed by atoms with E-state index in [1.165, 1.54) is 20.3 Å². The lowest BCUT2D eigenvalue weighted by molar-refractivity contribution is -0.119. The summed E-state index contributed by atoms with van der Waals surface area (Å²) in [6, 6.07) is 7.34. The Morgan fingerprint density at radius 1 is 1.45 bits per heavy atom. The van der Waals surface area contributed by atoms with Crippen LogP contribution in [-0.4, -0.2) is 45.5 Å². The number of amides is 1. The van der Waals surface area contributed by atoms with Crippen molar-refractivity contribution in [2.75, 3.05) is 20.6 Å². The highest BCUT2D eigenvalue weighted by atomic mass is 79.9. The topological polar surface area (TPSA) is 90.9 Å². The molecule has 0 spiro atoms. The van der Waals surface area contributed by atoms with Crippen molar-refractivity contribution in [2.45, 2.75) is 0 Å². The number of carbonyl (C=O) groups is 1. The van der Waals surface area contributed by atoms with Gasteiger partial charge in [0.1, 0.15) is 0 Å². The van der Waals surface area contributed by atoms with Crippen LogP contribution in [-0.2, 0) is 15.0 Å². The molecule has 0 radical (unpaired) electrons. The van der Waals surface area contributed by atoms with Crippen molar-refractivity contribution < 1.29 is 13.2 Å². The second kappa shape index (κ2) is 7.48. The average Bonchev–Trinajstić information content (AvgIpc) is 2.36. The zero-order valence-electron chi connectivity index (χ0n) is 11.0. The summed E-state index contributed by atoms with van der Waals surface area (Å²) in [6.07, 6.45) is 1.46. The molecule has 0 fully saturated rings. The second-order valence-corrected chi connectivity index (χ2v) is 6.84. The van der Waals surface area contributed by atoms with Gasteiger partial charge in [-0.3, -0.25) is 4.79 Å². The monoisotopic (exact) mass is 362 g/mol. The molecule has 0 saturated carbocycles. The number of nitrogens with zero attached hydrogens (tertiary/aromatic N) is 2. The standard InChI is InChI=1S/C11H15BrN4O3S/c1-16(2)20(18,19)14-8-11(17)15-13-7-9-4-3-5-10(12)6-9/h3-7,14H,8H2,1-2H3,(H,15,17). The molecule has 1 amide bonds. The lowest BCUT2D eigenvalue weighted by Crippen LogP contribution is -2.41. The molecule has 2 N–H and O–H groups in total. The van der Waals surface area contributed by atoms with E-state index in [2.05, 4.69) is 31.2 Å². The molecule has 9 heteroatoms. The highest BCUT2D eigenvalue weighted by Crippen LogP contribution is 2.09. The van der Waals surface area contributed by atoms with Crippen LogP contribution in [0.15, 0.2) is 33.8 Å². The summed E-state index contributed by atoms with van der Waals surface area (Å²) < 4.78 is 26.7. The van der Waals surface area contributed by atoms with Gasteiger partial charge in [0.2, 0.25) is 0 Å². The van der Waals surface area contributed by atoms with E-state index in [0.29, 0.717) is 0 Å². The summed E-state index contributed by atoms with van der Waals surface area (Å²) in [5.74, 6) is -0.554. The third-order valence-electron chi connectivity index (χ3n) is 2.15. The maximum absolute atomic E-state index is 11.4. The maximum Gasteiger partial charge on any atom is 0.279 e. The van der Waals surface area contributed by atoms with Crippen molar-refractivity contribution in [2.24, 2.45) is 5.10 Å². The first-order chi connectivity index (χ1) is 9.31. The number of benzene rings is 1. The number of hydrazone groups is 1. The normalized spacial score (nSPS) is 12.0.